The van der Waals surface area contributed by atoms with Crippen molar-refractivity contribution in [1.82, 2.24) is 15.0 Å². The van der Waals surface area contributed by atoms with Crippen LogP contribution in [-0.4, -0.2) is 27.8 Å². The van der Waals surface area contributed by atoms with Crippen molar-refractivity contribution in [3.63, 3.8) is 0 Å². The van der Waals surface area contributed by atoms with Crippen molar-refractivity contribution in [2.75, 3.05) is 12.4 Å². The summed E-state index contributed by atoms with van der Waals surface area (Å²) in [7, 11) is 1.64. The smallest absolute Gasteiger partial charge is 0.224 e. The maximum absolute atomic E-state index is 13.1. The fourth-order valence-corrected chi connectivity index (χ4v) is 4.33. The lowest BCUT2D eigenvalue weighted by Crippen LogP contribution is -2.13. The van der Waals surface area contributed by atoms with Crippen LogP contribution < -0.4 is 10.1 Å². The summed E-state index contributed by atoms with van der Waals surface area (Å²) in [6.07, 6.45) is 2.78. The van der Waals surface area contributed by atoms with Gasteiger partial charge in [0.05, 0.1) is 29.1 Å². The van der Waals surface area contributed by atoms with Crippen LogP contribution in [0, 0.1) is 6.92 Å². The van der Waals surface area contributed by atoms with Crippen molar-refractivity contribution >= 4 is 33.3 Å². The van der Waals surface area contributed by atoms with Crippen LogP contribution >= 0.6 is 11.3 Å². The molecule has 0 fully saturated rings. The third-order valence-electron chi connectivity index (χ3n) is 5.04. The van der Waals surface area contributed by atoms with Gasteiger partial charge in [0.25, 0.3) is 0 Å². The highest BCUT2D eigenvalue weighted by Crippen LogP contribution is 2.29. The summed E-state index contributed by atoms with van der Waals surface area (Å²) < 4.78 is 6.04. The third-order valence-corrected chi connectivity index (χ3v) is 6.08. The Morgan fingerprint density at radius 2 is 1.97 bits per heavy atom. The van der Waals surface area contributed by atoms with Crippen LogP contribution in [0.4, 0.5) is 5.95 Å². The quantitative estimate of drug-likeness (QED) is 0.376. The van der Waals surface area contributed by atoms with Crippen LogP contribution in [0.3, 0.4) is 0 Å². The van der Waals surface area contributed by atoms with E-state index in [2.05, 4.69) is 20.3 Å². The zero-order valence-electron chi connectivity index (χ0n) is 17.8. The number of rotatable bonds is 8. The Labute approximate surface area is 185 Å². The lowest BCUT2D eigenvalue weighted by molar-refractivity contribution is 0.0980. The summed E-state index contributed by atoms with van der Waals surface area (Å²) in [5, 5.41) is 3.30. The number of anilines is 1. The fraction of sp³-hybridized carbons (Fsp3) is 0.250. The van der Waals surface area contributed by atoms with E-state index in [9.17, 15) is 4.79 Å². The van der Waals surface area contributed by atoms with E-state index in [4.69, 9.17) is 4.74 Å². The lowest BCUT2D eigenvalue weighted by atomic mass is 10.1. The van der Waals surface area contributed by atoms with E-state index in [-0.39, 0.29) is 11.8 Å². The number of aromatic nitrogens is 3. The Balaban J connectivity index is 1.57. The first-order chi connectivity index (χ1) is 15.0. The molecule has 31 heavy (non-hydrogen) atoms. The molecule has 0 saturated carbocycles. The molecule has 0 saturated heterocycles. The molecule has 3 heterocycles. The molecule has 7 heteroatoms. The highest BCUT2D eigenvalue weighted by molar-refractivity contribution is 7.19. The molecule has 6 nitrogen and oxygen atoms in total. The molecule has 0 radical (unpaired) electrons. The van der Waals surface area contributed by atoms with E-state index in [0.717, 1.165) is 32.1 Å². The molecule has 4 rings (SSSR count). The van der Waals surface area contributed by atoms with Crippen LogP contribution in [0.15, 0.2) is 54.7 Å². The van der Waals surface area contributed by atoms with Crippen molar-refractivity contribution in [2.24, 2.45) is 0 Å². The minimum atomic E-state index is -0.0827. The average molecular weight is 433 g/mol. The van der Waals surface area contributed by atoms with Crippen molar-refractivity contribution in [2.45, 2.75) is 32.7 Å². The predicted molar refractivity (Wildman–Crippen MR) is 124 cm³/mol. The zero-order chi connectivity index (χ0) is 21.8. The number of nitrogens with one attached hydrogen (secondary N) is 1. The summed E-state index contributed by atoms with van der Waals surface area (Å²) in [4.78, 5) is 27.9. The number of carbonyl (C=O) groups excluding carboxylic acids is 1. The summed E-state index contributed by atoms with van der Waals surface area (Å²) in [5.74, 6) is 1.26. The van der Waals surface area contributed by atoms with Crippen molar-refractivity contribution in [1.29, 1.82) is 0 Å². The Morgan fingerprint density at radius 3 is 2.68 bits per heavy atom. The molecule has 0 aliphatic carbocycles. The first kappa shape index (κ1) is 20.9. The van der Waals surface area contributed by atoms with Gasteiger partial charge in [0.1, 0.15) is 11.4 Å². The number of pyridine rings is 1. The van der Waals surface area contributed by atoms with Gasteiger partial charge in [-0.3, -0.25) is 9.78 Å². The average Bonchev–Trinajstić information content (AvgIpc) is 3.17. The van der Waals surface area contributed by atoms with Crippen molar-refractivity contribution in [3.8, 4) is 5.75 Å². The number of carbonyl (C=O) groups is 1. The standard InChI is InChI=1S/C24H24N4O2S/c1-15-14-20-23(31-15)22(21(29)12-9-17-7-10-18(30-3)11-8-17)28-24(27-20)26-16(2)19-6-4-5-13-25-19/h4-8,10-11,13-14,16H,9,12H2,1-3H3,(H,26,27,28)/t16-/m0/s1. The highest BCUT2D eigenvalue weighted by atomic mass is 32.1. The van der Waals surface area contributed by atoms with E-state index < -0.39 is 0 Å². The number of nitrogens with zero attached hydrogens (tertiary/aromatic N) is 3. The Hall–Kier alpha value is -3.32. The Bertz CT molecular complexity index is 1190. The maximum Gasteiger partial charge on any atom is 0.224 e. The molecule has 3 aromatic heterocycles. The molecule has 0 amide bonds. The molecule has 0 unspecified atom stereocenters. The van der Waals surface area contributed by atoms with Gasteiger partial charge >= 0.3 is 0 Å². The molecule has 1 aromatic carbocycles. The molecule has 1 N–H and O–H groups in total. The first-order valence-corrected chi connectivity index (χ1v) is 11.0. The molecule has 0 spiro atoms. The lowest BCUT2D eigenvalue weighted by Gasteiger charge is -2.14. The molecule has 4 aromatic rings. The van der Waals surface area contributed by atoms with Crippen molar-refractivity contribution < 1.29 is 9.53 Å². The number of hydrogen-bond acceptors (Lipinski definition) is 7. The topological polar surface area (TPSA) is 77.0 Å². The van der Waals surface area contributed by atoms with E-state index in [1.807, 2.05) is 62.4 Å². The van der Waals surface area contributed by atoms with Gasteiger partial charge in [-0.15, -0.1) is 11.3 Å². The largest absolute Gasteiger partial charge is 0.497 e. The molecule has 158 valence electrons. The third kappa shape index (κ3) is 4.88. The highest BCUT2D eigenvalue weighted by Gasteiger charge is 2.18. The van der Waals surface area contributed by atoms with Gasteiger partial charge in [-0.05, 0) is 56.2 Å². The maximum atomic E-state index is 13.1. The minimum Gasteiger partial charge on any atom is -0.497 e. The SMILES string of the molecule is COc1ccc(CCC(=O)c2nc(N[C@@H](C)c3ccccn3)nc3cc(C)sc23)cc1. The van der Waals surface area contributed by atoms with E-state index in [1.54, 1.807) is 24.6 Å². The fourth-order valence-electron chi connectivity index (χ4n) is 3.37. The summed E-state index contributed by atoms with van der Waals surface area (Å²) in [6.45, 7) is 4.02. The van der Waals surface area contributed by atoms with E-state index >= 15 is 0 Å². The van der Waals surface area contributed by atoms with Crippen LogP contribution in [0.1, 0.15) is 46.0 Å². The predicted octanol–water partition coefficient (Wildman–Crippen LogP) is 5.39. The number of thiophene rings is 1. The van der Waals surface area contributed by atoms with Crippen molar-refractivity contribution in [3.05, 3.63) is 76.6 Å². The molecular weight excluding hydrogens is 408 g/mol. The number of ketones is 1. The van der Waals surface area contributed by atoms with Gasteiger partial charge in [0.2, 0.25) is 5.95 Å². The molecule has 0 bridgehead atoms. The Morgan fingerprint density at radius 1 is 1.16 bits per heavy atom. The normalized spacial score (nSPS) is 12.0. The van der Waals surface area contributed by atoms with Gasteiger partial charge < -0.3 is 10.1 Å². The Kier molecular flexibility index (Phi) is 6.23. The van der Waals surface area contributed by atoms with E-state index in [0.29, 0.717) is 24.5 Å². The van der Waals surface area contributed by atoms with Gasteiger partial charge in [-0.2, -0.15) is 0 Å². The second-order valence-corrected chi connectivity index (χ2v) is 8.62. The number of aryl methyl sites for hydroxylation is 2. The first-order valence-electron chi connectivity index (χ1n) is 10.2. The summed E-state index contributed by atoms with van der Waals surface area (Å²) in [5.41, 5.74) is 3.25. The molecular formula is C24H24N4O2S. The molecule has 0 aliphatic rings. The second kappa shape index (κ2) is 9.22. The molecule has 0 aliphatic heterocycles. The zero-order valence-corrected chi connectivity index (χ0v) is 18.6. The van der Waals surface area contributed by atoms with Gasteiger partial charge in [-0.1, -0.05) is 18.2 Å². The van der Waals surface area contributed by atoms with Crippen LogP contribution in [-0.2, 0) is 6.42 Å². The van der Waals surface area contributed by atoms with Gasteiger partial charge in [-0.25, -0.2) is 9.97 Å². The number of Topliss-reactive ketones (excluding diaryl/α,β-unsaturated/α-hetero) is 1. The molecule has 1 atom stereocenters. The van der Waals surface area contributed by atoms with Crippen LogP contribution in [0.2, 0.25) is 0 Å². The van der Waals surface area contributed by atoms with Gasteiger partial charge in [0.15, 0.2) is 5.78 Å². The second-order valence-electron chi connectivity index (χ2n) is 7.36. The number of hydrogen-bond donors (Lipinski definition) is 1. The van der Waals surface area contributed by atoms with Gasteiger partial charge in [0, 0.05) is 17.5 Å². The number of benzene rings is 1. The van der Waals surface area contributed by atoms with Crippen LogP contribution in [0.5, 0.6) is 5.75 Å². The van der Waals surface area contributed by atoms with E-state index in [1.165, 1.54) is 0 Å². The number of methoxy groups -OCH3 is 1. The number of ether oxygens (including phenoxy) is 1. The summed E-state index contributed by atoms with van der Waals surface area (Å²) in [6, 6.07) is 15.5. The van der Waals surface area contributed by atoms with Crippen LogP contribution in [0.25, 0.3) is 10.2 Å². The minimum absolute atomic E-state index is 0.0126. The monoisotopic (exact) mass is 432 g/mol. The summed E-state index contributed by atoms with van der Waals surface area (Å²) >= 11 is 1.56. The number of fused-ring (bicyclic) bond motifs is 1.